The van der Waals surface area contributed by atoms with Gasteiger partial charge in [0.25, 0.3) is 0 Å². The maximum Gasteiger partial charge on any atom is 0.237 e. The lowest BCUT2D eigenvalue weighted by molar-refractivity contribution is -0.116. The predicted octanol–water partition coefficient (Wildman–Crippen LogP) is 4.55. The highest BCUT2D eigenvalue weighted by molar-refractivity contribution is 8.00. The van der Waals surface area contributed by atoms with E-state index < -0.39 is 0 Å². The summed E-state index contributed by atoms with van der Waals surface area (Å²) >= 11 is 3.31. The van der Waals surface area contributed by atoms with Crippen LogP contribution in [0.4, 0.5) is 16.5 Å². The van der Waals surface area contributed by atoms with Gasteiger partial charge in [-0.15, -0.1) is 23.1 Å². The summed E-state index contributed by atoms with van der Waals surface area (Å²) in [7, 11) is 0. The molecule has 25 heavy (non-hydrogen) atoms. The van der Waals surface area contributed by atoms with Gasteiger partial charge in [0.1, 0.15) is 0 Å². The van der Waals surface area contributed by atoms with Crippen molar-refractivity contribution < 1.29 is 4.79 Å². The van der Waals surface area contributed by atoms with Crippen molar-refractivity contribution in [2.75, 3.05) is 22.5 Å². The average Bonchev–Trinajstić information content (AvgIpc) is 2.96. The third kappa shape index (κ3) is 2.53. The van der Waals surface area contributed by atoms with Crippen molar-refractivity contribution in [3.63, 3.8) is 0 Å². The highest BCUT2D eigenvalue weighted by atomic mass is 32.2. The smallest absolute Gasteiger partial charge is 0.237 e. The number of nitrogens with one attached hydrogen (secondary N) is 1. The SMILES string of the molecule is O=C1CSc2cccc3c2N1CCc1sc(Nc2ccccc2)nc1-3. The fourth-order valence-electron chi connectivity index (χ4n) is 3.33. The molecule has 0 atom stereocenters. The van der Waals surface area contributed by atoms with Crippen LogP contribution in [0.5, 0.6) is 0 Å². The number of rotatable bonds is 2. The Balaban J connectivity index is 1.60. The summed E-state index contributed by atoms with van der Waals surface area (Å²) in [6.07, 6.45) is 0.841. The Morgan fingerprint density at radius 3 is 2.84 bits per heavy atom. The molecule has 2 aromatic carbocycles. The Kier molecular flexibility index (Phi) is 3.53. The van der Waals surface area contributed by atoms with Gasteiger partial charge in [0, 0.05) is 34.0 Å². The molecule has 0 saturated heterocycles. The molecule has 0 bridgehead atoms. The molecule has 0 radical (unpaired) electrons. The number of thioether (sulfide) groups is 1. The Morgan fingerprint density at radius 2 is 1.96 bits per heavy atom. The van der Waals surface area contributed by atoms with Gasteiger partial charge in [-0.3, -0.25) is 4.79 Å². The fourth-order valence-corrected chi connectivity index (χ4v) is 5.28. The zero-order valence-corrected chi connectivity index (χ0v) is 15.0. The Bertz CT molecular complexity index is 968. The number of hydrogen-bond donors (Lipinski definition) is 1. The van der Waals surface area contributed by atoms with E-state index in [4.69, 9.17) is 4.98 Å². The quantitative estimate of drug-likeness (QED) is 0.724. The number of thiazole rings is 1. The van der Waals surface area contributed by atoms with Gasteiger partial charge in [0.15, 0.2) is 5.13 Å². The van der Waals surface area contributed by atoms with Crippen LogP contribution in [0.2, 0.25) is 0 Å². The minimum absolute atomic E-state index is 0.197. The van der Waals surface area contributed by atoms with Gasteiger partial charge in [-0.1, -0.05) is 30.3 Å². The van der Waals surface area contributed by atoms with E-state index in [2.05, 4.69) is 23.5 Å². The van der Waals surface area contributed by atoms with E-state index in [0.717, 1.165) is 40.7 Å². The Hall–Kier alpha value is -2.31. The second-order valence-electron chi connectivity index (χ2n) is 6.02. The summed E-state index contributed by atoms with van der Waals surface area (Å²) in [5.74, 6) is 0.723. The first-order valence-corrected chi connectivity index (χ1v) is 9.98. The van der Waals surface area contributed by atoms with Crippen molar-refractivity contribution in [3.05, 3.63) is 53.4 Å². The van der Waals surface area contributed by atoms with Crippen molar-refractivity contribution in [1.82, 2.24) is 4.98 Å². The third-order valence-electron chi connectivity index (χ3n) is 4.46. The standard InChI is InChI=1S/C19H15N3OS2/c23-16-11-24-15-8-4-7-13-17-14(9-10-22(16)18(13)15)25-19(21-17)20-12-5-2-1-3-6-12/h1-8H,9-11H2,(H,20,21). The summed E-state index contributed by atoms with van der Waals surface area (Å²) in [5, 5.41) is 4.30. The van der Waals surface area contributed by atoms with Crippen LogP contribution in [-0.2, 0) is 11.2 Å². The van der Waals surface area contributed by atoms with Crippen molar-refractivity contribution >= 4 is 45.5 Å². The summed E-state index contributed by atoms with van der Waals surface area (Å²) in [6, 6.07) is 16.3. The molecule has 124 valence electrons. The van der Waals surface area contributed by atoms with E-state index in [1.165, 1.54) is 9.77 Å². The zero-order chi connectivity index (χ0) is 16.8. The van der Waals surface area contributed by atoms with E-state index in [9.17, 15) is 4.79 Å². The van der Waals surface area contributed by atoms with Crippen LogP contribution in [0.3, 0.4) is 0 Å². The van der Waals surface area contributed by atoms with Crippen LogP contribution < -0.4 is 10.2 Å². The van der Waals surface area contributed by atoms with E-state index in [1.807, 2.05) is 35.2 Å². The van der Waals surface area contributed by atoms with Crippen LogP contribution in [0.15, 0.2) is 53.4 Å². The molecule has 1 aromatic heterocycles. The van der Waals surface area contributed by atoms with Crippen LogP contribution in [-0.4, -0.2) is 23.2 Å². The van der Waals surface area contributed by atoms with Crippen LogP contribution in [0, 0.1) is 0 Å². The second kappa shape index (κ2) is 5.89. The van der Waals surface area contributed by atoms with Crippen LogP contribution in [0.1, 0.15) is 4.88 Å². The predicted molar refractivity (Wildman–Crippen MR) is 104 cm³/mol. The largest absolute Gasteiger partial charge is 0.332 e. The lowest BCUT2D eigenvalue weighted by Crippen LogP contribution is -2.36. The van der Waals surface area contributed by atoms with E-state index in [-0.39, 0.29) is 5.91 Å². The first kappa shape index (κ1) is 15.0. The third-order valence-corrected chi connectivity index (χ3v) is 6.52. The number of carbonyl (C=O) groups is 1. The van der Waals surface area contributed by atoms with Gasteiger partial charge in [-0.05, 0) is 18.2 Å². The van der Waals surface area contributed by atoms with E-state index >= 15 is 0 Å². The number of carbonyl (C=O) groups excluding carboxylic acids is 1. The van der Waals surface area contributed by atoms with Crippen molar-refractivity contribution in [1.29, 1.82) is 0 Å². The van der Waals surface area contributed by atoms with Crippen LogP contribution >= 0.6 is 23.1 Å². The molecule has 0 fully saturated rings. The number of fused-ring (bicyclic) bond motifs is 2. The lowest BCUT2D eigenvalue weighted by Gasteiger charge is -2.29. The molecule has 5 rings (SSSR count). The molecule has 0 aliphatic carbocycles. The first-order chi connectivity index (χ1) is 12.3. The summed E-state index contributed by atoms with van der Waals surface area (Å²) in [5.41, 5.74) is 4.16. The molecule has 2 aliphatic rings. The molecule has 0 spiro atoms. The number of anilines is 3. The van der Waals surface area contributed by atoms with Gasteiger partial charge in [0.2, 0.25) is 5.91 Å². The number of amides is 1. The van der Waals surface area contributed by atoms with Gasteiger partial charge >= 0.3 is 0 Å². The van der Waals surface area contributed by atoms with Gasteiger partial charge < -0.3 is 10.2 Å². The number of nitrogens with zero attached hydrogens (tertiary/aromatic N) is 2. The molecule has 0 unspecified atom stereocenters. The molecule has 4 nitrogen and oxygen atoms in total. The van der Waals surface area contributed by atoms with Crippen molar-refractivity contribution in [2.24, 2.45) is 0 Å². The van der Waals surface area contributed by atoms with Crippen LogP contribution in [0.25, 0.3) is 11.3 Å². The summed E-state index contributed by atoms with van der Waals surface area (Å²) < 4.78 is 0. The number of aromatic nitrogens is 1. The average molecular weight is 365 g/mol. The van der Waals surface area contributed by atoms with E-state index in [0.29, 0.717) is 5.75 Å². The molecule has 1 N–H and O–H groups in total. The topological polar surface area (TPSA) is 45.2 Å². The van der Waals surface area contributed by atoms with Gasteiger partial charge in [-0.25, -0.2) is 4.98 Å². The molecular weight excluding hydrogens is 350 g/mol. The number of benzene rings is 2. The Morgan fingerprint density at radius 1 is 1.08 bits per heavy atom. The number of para-hydroxylation sites is 2. The maximum absolute atomic E-state index is 12.4. The first-order valence-electron chi connectivity index (χ1n) is 8.18. The van der Waals surface area contributed by atoms with Crippen molar-refractivity contribution in [3.8, 4) is 11.3 Å². The number of hydrogen-bond acceptors (Lipinski definition) is 5. The highest BCUT2D eigenvalue weighted by Gasteiger charge is 2.32. The lowest BCUT2D eigenvalue weighted by atomic mass is 10.1. The molecule has 2 aliphatic heterocycles. The van der Waals surface area contributed by atoms with Gasteiger partial charge in [-0.2, -0.15) is 0 Å². The second-order valence-corrected chi connectivity index (χ2v) is 8.12. The summed E-state index contributed by atoms with van der Waals surface area (Å²) in [4.78, 5) is 21.6. The summed E-state index contributed by atoms with van der Waals surface area (Å²) in [6.45, 7) is 0.726. The molecular formula is C19H15N3OS2. The molecule has 3 aromatic rings. The molecule has 0 saturated carbocycles. The molecule has 3 heterocycles. The zero-order valence-electron chi connectivity index (χ0n) is 13.4. The van der Waals surface area contributed by atoms with Gasteiger partial charge in [0.05, 0.1) is 17.1 Å². The molecule has 6 heteroatoms. The molecule has 1 amide bonds. The van der Waals surface area contributed by atoms with Crippen molar-refractivity contribution in [2.45, 2.75) is 11.3 Å². The normalized spacial score (nSPS) is 15.4. The minimum Gasteiger partial charge on any atom is -0.332 e. The monoisotopic (exact) mass is 365 g/mol. The highest BCUT2D eigenvalue weighted by Crippen LogP contribution is 2.46. The van der Waals surface area contributed by atoms with E-state index in [1.54, 1.807) is 23.1 Å². The fraction of sp³-hybridized carbons (Fsp3) is 0.158. The Labute approximate surface area is 153 Å². The maximum atomic E-state index is 12.4. The minimum atomic E-state index is 0.197.